The molecule has 3 aromatic rings. The number of carbonyl (C=O) groups excluding carboxylic acids is 2. The van der Waals surface area contributed by atoms with Gasteiger partial charge in [0.05, 0.1) is 5.69 Å². The number of aryl methyl sites for hydroxylation is 1. The third-order valence-electron chi connectivity index (χ3n) is 4.83. The van der Waals surface area contributed by atoms with Crippen molar-refractivity contribution in [2.45, 2.75) is 26.4 Å². The highest BCUT2D eigenvalue weighted by molar-refractivity contribution is 6.07. The second-order valence-electron chi connectivity index (χ2n) is 7.25. The third-order valence-corrected chi connectivity index (χ3v) is 4.83. The molecule has 0 atom stereocenters. The number of carbonyl (C=O) groups is 2. The largest absolute Gasteiger partial charge is 0.475 e. The number of pyridine rings is 1. The number of amides is 1. The topological polar surface area (TPSA) is 93.2 Å². The van der Waals surface area contributed by atoms with Crippen LogP contribution >= 0.6 is 0 Å². The molecule has 3 heterocycles. The second kappa shape index (κ2) is 5.57. The Morgan fingerprint density at radius 2 is 1.93 bits per heavy atom. The van der Waals surface area contributed by atoms with Crippen LogP contribution in [0.2, 0.25) is 0 Å². The lowest BCUT2D eigenvalue weighted by Gasteiger charge is -2.33. The summed E-state index contributed by atoms with van der Waals surface area (Å²) in [5.41, 5.74) is 1.54. The van der Waals surface area contributed by atoms with Gasteiger partial charge >= 0.3 is 0 Å². The molecule has 0 radical (unpaired) electrons. The number of benzene rings is 1. The molecule has 138 valence electrons. The summed E-state index contributed by atoms with van der Waals surface area (Å²) in [6, 6.07) is 5.16. The summed E-state index contributed by atoms with van der Waals surface area (Å²) in [5, 5.41) is 3.55. The SMILES string of the molecule is CC(=O)c1cc2c(c(-c3cn(C)c(=O)c4[nH]ccc34)c1)OC(C)(C)C(=O)N2. The second-order valence-corrected chi connectivity index (χ2v) is 7.25. The van der Waals surface area contributed by atoms with Crippen LogP contribution < -0.4 is 15.6 Å². The summed E-state index contributed by atoms with van der Waals surface area (Å²) in [6.45, 7) is 4.83. The van der Waals surface area contributed by atoms with Crippen LogP contribution in [-0.4, -0.2) is 26.8 Å². The highest BCUT2D eigenvalue weighted by atomic mass is 16.5. The molecule has 1 aliphatic rings. The molecule has 2 N–H and O–H groups in total. The number of ketones is 1. The molecule has 1 aliphatic heterocycles. The average molecular weight is 365 g/mol. The van der Waals surface area contributed by atoms with Crippen molar-refractivity contribution in [3.05, 3.63) is 46.5 Å². The number of H-pyrrole nitrogens is 1. The van der Waals surface area contributed by atoms with Crippen molar-refractivity contribution in [1.29, 1.82) is 0 Å². The number of nitrogens with one attached hydrogen (secondary N) is 2. The molecule has 2 aromatic heterocycles. The minimum atomic E-state index is -1.06. The van der Waals surface area contributed by atoms with Gasteiger partial charge in [-0.3, -0.25) is 14.4 Å². The number of rotatable bonds is 2. The normalized spacial score (nSPS) is 15.2. The van der Waals surface area contributed by atoms with E-state index in [1.165, 1.54) is 11.5 Å². The van der Waals surface area contributed by atoms with Crippen LogP contribution in [-0.2, 0) is 11.8 Å². The number of hydrogen-bond acceptors (Lipinski definition) is 4. The number of hydrogen-bond donors (Lipinski definition) is 2. The number of aromatic amines is 1. The molecule has 7 heteroatoms. The van der Waals surface area contributed by atoms with Crippen LogP contribution in [0.15, 0.2) is 35.4 Å². The number of anilines is 1. The first kappa shape index (κ1) is 17.1. The van der Waals surface area contributed by atoms with Gasteiger partial charge in [0.2, 0.25) is 0 Å². The molecule has 27 heavy (non-hydrogen) atoms. The molecule has 0 fully saturated rings. The number of nitrogens with zero attached hydrogens (tertiary/aromatic N) is 1. The van der Waals surface area contributed by atoms with E-state index in [0.717, 1.165) is 10.9 Å². The van der Waals surface area contributed by atoms with Gasteiger partial charge in [-0.05, 0) is 39.0 Å². The fourth-order valence-electron chi connectivity index (χ4n) is 3.29. The lowest BCUT2D eigenvalue weighted by molar-refractivity contribution is -0.129. The van der Waals surface area contributed by atoms with Gasteiger partial charge in [-0.25, -0.2) is 0 Å². The Hall–Kier alpha value is -3.35. The first-order valence-electron chi connectivity index (χ1n) is 8.55. The zero-order valence-corrected chi connectivity index (χ0v) is 15.5. The lowest BCUT2D eigenvalue weighted by Crippen LogP contribution is -2.45. The first-order chi connectivity index (χ1) is 12.7. The Labute approximate surface area is 155 Å². The maximum Gasteiger partial charge on any atom is 0.274 e. The van der Waals surface area contributed by atoms with E-state index in [0.29, 0.717) is 28.1 Å². The van der Waals surface area contributed by atoms with Crippen molar-refractivity contribution in [1.82, 2.24) is 9.55 Å². The van der Waals surface area contributed by atoms with Gasteiger partial charge in [-0.15, -0.1) is 0 Å². The van der Waals surface area contributed by atoms with E-state index in [1.54, 1.807) is 45.4 Å². The Bertz CT molecular complexity index is 1180. The lowest BCUT2D eigenvalue weighted by atomic mass is 9.95. The number of aromatic nitrogens is 2. The molecule has 0 unspecified atom stereocenters. The van der Waals surface area contributed by atoms with E-state index in [4.69, 9.17) is 4.74 Å². The summed E-state index contributed by atoms with van der Waals surface area (Å²) in [6.07, 6.45) is 3.41. The predicted molar refractivity (Wildman–Crippen MR) is 102 cm³/mol. The van der Waals surface area contributed by atoms with Crippen LogP contribution in [0.1, 0.15) is 31.1 Å². The Kier molecular flexibility index (Phi) is 3.53. The Balaban J connectivity index is 2.09. The molecular weight excluding hydrogens is 346 g/mol. The van der Waals surface area contributed by atoms with Crippen molar-refractivity contribution in [3.63, 3.8) is 0 Å². The van der Waals surface area contributed by atoms with Gasteiger partial charge in [0.1, 0.15) is 5.52 Å². The van der Waals surface area contributed by atoms with Crippen molar-refractivity contribution in [2.75, 3.05) is 5.32 Å². The monoisotopic (exact) mass is 365 g/mol. The smallest absolute Gasteiger partial charge is 0.274 e. The molecule has 1 aromatic carbocycles. The van der Waals surface area contributed by atoms with Crippen molar-refractivity contribution in [3.8, 4) is 16.9 Å². The molecule has 0 spiro atoms. The molecule has 7 nitrogen and oxygen atoms in total. The van der Waals surface area contributed by atoms with Crippen molar-refractivity contribution >= 4 is 28.3 Å². The minimum Gasteiger partial charge on any atom is -0.475 e. The molecule has 0 saturated heterocycles. The minimum absolute atomic E-state index is 0.131. The molecule has 1 amide bonds. The van der Waals surface area contributed by atoms with E-state index >= 15 is 0 Å². The van der Waals surface area contributed by atoms with Gasteiger partial charge in [-0.2, -0.15) is 0 Å². The van der Waals surface area contributed by atoms with Crippen LogP contribution in [0.5, 0.6) is 5.75 Å². The van der Waals surface area contributed by atoms with Crippen LogP contribution in [0, 0.1) is 0 Å². The van der Waals surface area contributed by atoms with E-state index in [2.05, 4.69) is 10.3 Å². The predicted octanol–water partition coefficient (Wildman–Crippen LogP) is 2.85. The van der Waals surface area contributed by atoms with E-state index in [-0.39, 0.29) is 17.2 Å². The van der Waals surface area contributed by atoms with Crippen LogP contribution in [0.4, 0.5) is 5.69 Å². The summed E-state index contributed by atoms with van der Waals surface area (Å²) >= 11 is 0. The van der Waals surface area contributed by atoms with Gasteiger partial charge in [0, 0.05) is 41.5 Å². The van der Waals surface area contributed by atoms with Gasteiger partial charge in [0.15, 0.2) is 17.1 Å². The maximum absolute atomic E-state index is 12.4. The average Bonchev–Trinajstić information content (AvgIpc) is 3.08. The quantitative estimate of drug-likeness (QED) is 0.683. The number of ether oxygens (including phenoxy) is 1. The molecule has 4 rings (SSSR count). The van der Waals surface area contributed by atoms with E-state index < -0.39 is 5.60 Å². The van der Waals surface area contributed by atoms with Crippen molar-refractivity contribution < 1.29 is 14.3 Å². The summed E-state index contributed by atoms with van der Waals surface area (Å²) in [7, 11) is 1.67. The summed E-state index contributed by atoms with van der Waals surface area (Å²) < 4.78 is 7.51. The molecule has 0 saturated carbocycles. The van der Waals surface area contributed by atoms with E-state index in [9.17, 15) is 14.4 Å². The number of Topliss-reactive ketones (excluding diaryl/α,β-unsaturated/α-hetero) is 1. The highest BCUT2D eigenvalue weighted by Crippen LogP contribution is 2.44. The standard InChI is InChI=1S/C20H19N3O4/c1-10(24)11-7-13(17-15(8-11)22-19(26)20(2,3)27-17)14-9-23(4)18(25)16-12(14)5-6-21-16/h5-9,21H,1-4H3,(H,22,26). The fraction of sp³-hybridized carbons (Fsp3) is 0.250. The van der Waals surface area contributed by atoms with E-state index in [1.807, 2.05) is 6.07 Å². The Morgan fingerprint density at radius 3 is 2.63 bits per heavy atom. The zero-order valence-electron chi connectivity index (χ0n) is 15.5. The molecule has 0 bridgehead atoms. The van der Waals surface area contributed by atoms with Crippen LogP contribution in [0.3, 0.4) is 0 Å². The fourth-order valence-corrected chi connectivity index (χ4v) is 3.29. The first-order valence-corrected chi connectivity index (χ1v) is 8.55. The van der Waals surface area contributed by atoms with Crippen LogP contribution in [0.25, 0.3) is 22.0 Å². The summed E-state index contributed by atoms with van der Waals surface area (Å²) in [5.74, 6) is 0.0629. The third kappa shape index (κ3) is 2.54. The van der Waals surface area contributed by atoms with Gasteiger partial charge in [0.25, 0.3) is 11.5 Å². The zero-order chi connectivity index (χ0) is 19.5. The van der Waals surface area contributed by atoms with Gasteiger partial charge in [-0.1, -0.05) is 0 Å². The van der Waals surface area contributed by atoms with Crippen molar-refractivity contribution in [2.24, 2.45) is 7.05 Å². The molecular formula is C20H19N3O4. The molecule has 0 aliphatic carbocycles. The summed E-state index contributed by atoms with van der Waals surface area (Å²) in [4.78, 5) is 39.7. The Morgan fingerprint density at radius 1 is 1.19 bits per heavy atom. The number of fused-ring (bicyclic) bond motifs is 2. The van der Waals surface area contributed by atoms with Gasteiger partial charge < -0.3 is 19.6 Å². The maximum atomic E-state index is 12.4. The highest BCUT2D eigenvalue weighted by Gasteiger charge is 2.37.